The molecule has 0 aromatic heterocycles. The summed E-state index contributed by atoms with van der Waals surface area (Å²) in [6, 6.07) is 2.24. The zero-order chi connectivity index (χ0) is 17.9. The number of morpholine rings is 1. The van der Waals surface area contributed by atoms with Crippen molar-refractivity contribution in [3.8, 4) is 0 Å². The van der Waals surface area contributed by atoms with Crippen LogP contribution < -0.4 is 0 Å². The normalized spacial score (nSPS) is 24.2. The molecule has 0 aliphatic carbocycles. The average molecular weight is 392 g/mol. The number of hydrogen-bond acceptors (Lipinski definition) is 5. The van der Waals surface area contributed by atoms with E-state index < -0.39 is 21.7 Å². The number of thioether (sulfide) groups is 1. The lowest BCUT2D eigenvalue weighted by Gasteiger charge is -2.35. The van der Waals surface area contributed by atoms with E-state index in [9.17, 15) is 17.2 Å². The Morgan fingerprint density at radius 3 is 2.48 bits per heavy atom. The predicted octanol–water partition coefficient (Wildman–Crippen LogP) is 1.79. The van der Waals surface area contributed by atoms with Crippen molar-refractivity contribution in [1.29, 1.82) is 0 Å². The lowest BCUT2D eigenvalue weighted by atomic mass is 10.2. The maximum absolute atomic E-state index is 13.5. The number of nitrogens with zero attached hydrogens (tertiary/aromatic N) is 2. The number of ether oxygens (including phenoxy) is 1. The van der Waals surface area contributed by atoms with Crippen LogP contribution in [0.2, 0.25) is 0 Å². The number of hydrogen-bond donors (Lipinski definition) is 0. The maximum atomic E-state index is 13.5. The molecule has 3 rings (SSSR count). The van der Waals surface area contributed by atoms with E-state index in [-0.39, 0.29) is 10.9 Å². The largest absolute Gasteiger partial charge is 0.379 e. The fourth-order valence-electron chi connectivity index (χ4n) is 3.16. The molecule has 9 heteroatoms. The fourth-order valence-corrected chi connectivity index (χ4v) is 6.01. The molecular weight excluding hydrogens is 370 g/mol. The standard InChI is InChI=1S/C16H22F2N2O3S2/c17-13-8-14(18)10-16(9-13)25(21,22)20-2-1-7-24-12-15(20)11-19-3-5-23-6-4-19/h8-10,15H,1-7,11-12H2/t15-/m1/s1. The highest BCUT2D eigenvalue weighted by molar-refractivity contribution is 7.99. The van der Waals surface area contributed by atoms with E-state index in [1.54, 1.807) is 11.8 Å². The van der Waals surface area contributed by atoms with Gasteiger partial charge in [0.2, 0.25) is 10.0 Å². The molecule has 25 heavy (non-hydrogen) atoms. The third-order valence-electron chi connectivity index (χ3n) is 4.40. The zero-order valence-electron chi connectivity index (χ0n) is 13.9. The van der Waals surface area contributed by atoms with Crippen LogP contribution in [-0.2, 0) is 14.8 Å². The molecule has 0 amide bonds. The van der Waals surface area contributed by atoms with Gasteiger partial charge < -0.3 is 4.74 Å². The highest BCUT2D eigenvalue weighted by Crippen LogP contribution is 2.26. The molecule has 0 bridgehead atoms. The summed E-state index contributed by atoms with van der Waals surface area (Å²) in [5.74, 6) is -0.211. The Hall–Kier alpha value is -0.740. The first-order chi connectivity index (χ1) is 12.0. The van der Waals surface area contributed by atoms with Gasteiger partial charge in [0.05, 0.1) is 18.1 Å². The van der Waals surface area contributed by atoms with Gasteiger partial charge in [0.1, 0.15) is 11.6 Å². The van der Waals surface area contributed by atoms with E-state index >= 15 is 0 Å². The summed E-state index contributed by atoms with van der Waals surface area (Å²) in [5.41, 5.74) is 0. The first kappa shape index (κ1) is 19.0. The lowest BCUT2D eigenvalue weighted by Crippen LogP contribution is -2.50. The summed E-state index contributed by atoms with van der Waals surface area (Å²) < 4.78 is 59.9. The zero-order valence-corrected chi connectivity index (χ0v) is 15.5. The van der Waals surface area contributed by atoms with Crippen LogP contribution >= 0.6 is 11.8 Å². The minimum absolute atomic E-state index is 0.220. The molecule has 0 unspecified atom stereocenters. The molecule has 2 heterocycles. The summed E-state index contributed by atoms with van der Waals surface area (Å²) in [6.07, 6.45) is 0.724. The van der Waals surface area contributed by atoms with Gasteiger partial charge >= 0.3 is 0 Å². The van der Waals surface area contributed by atoms with Crippen LogP contribution in [0, 0.1) is 11.6 Å². The molecule has 2 fully saturated rings. The fraction of sp³-hybridized carbons (Fsp3) is 0.625. The Morgan fingerprint density at radius 1 is 1.12 bits per heavy atom. The van der Waals surface area contributed by atoms with Gasteiger partial charge in [0.15, 0.2) is 0 Å². The van der Waals surface area contributed by atoms with Crippen LogP contribution in [0.25, 0.3) is 0 Å². The third kappa shape index (κ3) is 4.71. The topological polar surface area (TPSA) is 49.9 Å². The van der Waals surface area contributed by atoms with Crippen molar-refractivity contribution >= 4 is 21.8 Å². The van der Waals surface area contributed by atoms with Crippen molar-refractivity contribution in [3.05, 3.63) is 29.8 Å². The number of benzene rings is 1. The molecule has 2 aliphatic heterocycles. The van der Waals surface area contributed by atoms with Crippen molar-refractivity contribution < 1.29 is 21.9 Å². The summed E-state index contributed by atoms with van der Waals surface area (Å²) in [7, 11) is -3.95. The number of rotatable bonds is 4. The van der Waals surface area contributed by atoms with E-state index in [4.69, 9.17) is 4.74 Å². The van der Waals surface area contributed by atoms with Gasteiger partial charge in [-0.05, 0) is 24.3 Å². The van der Waals surface area contributed by atoms with E-state index in [1.807, 2.05) is 0 Å². The Kier molecular flexibility index (Phi) is 6.32. The molecule has 1 aromatic rings. The van der Waals surface area contributed by atoms with Gasteiger partial charge in [-0.25, -0.2) is 17.2 Å². The molecule has 1 aromatic carbocycles. The van der Waals surface area contributed by atoms with Gasteiger partial charge in [-0.2, -0.15) is 16.1 Å². The van der Waals surface area contributed by atoms with Crippen LogP contribution in [0.15, 0.2) is 23.1 Å². The first-order valence-corrected chi connectivity index (χ1v) is 10.9. The molecule has 2 saturated heterocycles. The Bertz CT molecular complexity index is 676. The molecule has 140 valence electrons. The SMILES string of the molecule is O=S(=O)(c1cc(F)cc(F)c1)N1CCCSC[C@H]1CN1CCOCC1. The second-order valence-electron chi connectivity index (χ2n) is 6.22. The van der Waals surface area contributed by atoms with Gasteiger partial charge in [-0.15, -0.1) is 0 Å². The molecular formula is C16H22F2N2O3S2. The molecule has 1 atom stereocenters. The number of halogens is 2. The van der Waals surface area contributed by atoms with E-state index in [1.165, 1.54) is 4.31 Å². The van der Waals surface area contributed by atoms with Gasteiger partial charge in [0.25, 0.3) is 0 Å². The molecule has 0 radical (unpaired) electrons. The van der Waals surface area contributed by atoms with Crippen molar-refractivity contribution in [2.24, 2.45) is 0 Å². The average Bonchev–Trinajstić information content (AvgIpc) is 2.81. The van der Waals surface area contributed by atoms with Gasteiger partial charge in [-0.1, -0.05) is 0 Å². The molecule has 2 aliphatic rings. The maximum Gasteiger partial charge on any atom is 0.243 e. The minimum Gasteiger partial charge on any atom is -0.379 e. The van der Waals surface area contributed by atoms with Crippen LogP contribution in [0.3, 0.4) is 0 Å². The van der Waals surface area contributed by atoms with Gasteiger partial charge in [0, 0.05) is 44.0 Å². The summed E-state index contributed by atoms with van der Waals surface area (Å²) in [6.45, 7) is 3.78. The van der Waals surface area contributed by atoms with E-state index in [2.05, 4.69) is 4.90 Å². The van der Waals surface area contributed by atoms with Crippen LogP contribution in [0.4, 0.5) is 8.78 Å². The Labute approximate surface area is 151 Å². The highest BCUT2D eigenvalue weighted by atomic mass is 32.2. The number of sulfonamides is 1. The van der Waals surface area contributed by atoms with Crippen LogP contribution in [0.1, 0.15) is 6.42 Å². The van der Waals surface area contributed by atoms with Gasteiger partial charge in [-0.3, -0.25) is 4.90 Å². The molecule has 0 spiro atoms. The quantitative estimate of drug-likeness (QED) is 0.782. The van der Waals surface area contributed by atoms with E-state index in [0.717, 1.165) is 37.4 Å². The summed E-state index contributed by atoms with van der Waals surface area (Å²) in [4.78, 5) is 1.87. The predicted molar refractivity (Wildman–Crippen MR) is 93.2 cm³/mol. The lowest BCUT2D eigenvalue weighted by molar-refractivity contribution is 0.0309. The third-order valence-corrected chi connectivity index (χ3v) is 7.53. The van der Waals surface area contributed by atoms with Crippen molar-refractivity contribution in [2.45, 2.75) is 17.4 Å². The van der Waals surface area contributed by atoms with Crippen molar-refractivity contribution in [2.75, 3.05) is 50.9 Å². The van der Waals surface area contributed by atoms with Crippen LogP contribution in [-0.4, -0.2) is 74.6 Å². The summed E-state index contributed by atoms with van der Waals surface area (Å²) >= 11 is 1.72. The monoisotopic (exact) mass is 392 g/mol. The van der Waals surface area contributed by atoms with E-state index in [0.29, 0.717) is 38.1 Å². The van der Waals surface area contributed by atoms with Crippen LogP contribution in [0.5, 0.6) is 0 Å². The Morgan fingerprint density at radius 2 is 1.80 bits per heavy atom. The minimum atomic E-state index is -3.95. The molecule has 0 saturated carbocycles. The first-order valence-electron chi connectivity index (χ1n) is 8.32. The smallest absolute Gasteiger partial charge is 0.243 e. The molecule has 5 nitrogen and oxygen atoms in total. The second-order valence-corrected chi connectivity index (χ2v) is 9.26. The van der Waals surface area contributed by atoms with Crippen molar-refractivity contribution in [3.63, 3.8) is 0 Å². The second kappa shape index (κ2) is 8.30. The highest BCUT2D eigenvalue weighted by Gasteiger charge is 2.34. The molecule has 0 N–H and O–H groups in total. The van der Waals surface area contributed by atoms with Crippen molar-refractivity contribution in [1.82, 2.24) is 9.21 Å². The summed E-state index contributed by atoms with van der Waals surface area (Å²) in [5, 5.41) is 0. The Balaban J connectivity index is 1.86.